The number of hydrogen-bond donors (Lipinski definition) is 1. The van der Waals surface area contributed by atoms with Crippen molar-refractivity contribution in [3.63, 3.8) is 0 Å². The van der Waals surface area contributed by atoms with Crippen molar-refractivity contribution in [2.45, 2.75) is 26.4 Å². The Morgan fingerprint density at radius 2 is 2.12 bits per heavy atom. The van der Waals surface area contributed by atoms with E-state index in [1.807, 2.05) is 13.0 Å². The maximum absolute atomic E-state index is 8.90. The van der Waals surface area contributed by atoms with Crippen LogP contribution >= 0.6 is 0 Å². The van der Waals surface area contributed by atoms with Crippen LogP contribution < -0.4 is 0 Å². The first kappa shape index (κ1) is 7.70. The Bertz CT molecular complexity index is 66.8. The predicted molar refractivity (Wildman–Crippen MR) is 35.7 cm³/mol. The second kappa shape index (κ2) is 3.67. The van der Waals surface area contributed by atoms with E-state index in [9.17, 15) is 0 Å². The van der Waals surface area contributed by atoms with Crippen molar-refractivity contribution in [3.8, 4) is 0 Å². The van der Waals surface area contributed by atoms with Crippen LogP contribution in [0.5, 0.6) is 0 Å². The Hall–Kier alpha value is -0.300. The molecular formula is C7H14O. The summed E-state index contributed by atoms with van der Waals surface area (Å²) >= 11 is 0. The van der Waals surface area contributed by atoms with Gasteiger partial charge in [-0.2, -0.15) is 0 Å². The summed E-state index contributed by atoms with van der Waals surface area (Å²) in [6, 6.07) is 0. The molecule has 0 saturated heterocycles. The van der Waals surface area contributed by atoms with Gasteiger partial charge < -0.3 is 5.11 Å². The van der Waals surface area contributed by atoms with Crippen molar-refractivity contribution in [2.75, 3.05) is 0 Å². The van der Waals surface area contributed by atoms with E-state index in [4.69, 9.17) is 5.11 Å². The number of allylic oxidation sites excluding steroid dienone is 1. The topological polar surface area (TPSA) is 20.2 Å². The Kier molecular flexibility index (Phi) is 3.53. The highest BCUT2D eigenvalue weighted by atomic mass is 16.3. The van der Waals surface area contributed by atoms with Crippen LogP contribution in [0.3, 0.4) is 0 Å². The zero-order valence-electron chi connectivity index (χ0n) is 5.59. The van der Waals surface area contributed by atoms with E-state index in [1.54, 1.807) is 6.92 Å². The van der Waals surface area contributed by atoms with Crippen molar-refractivity contribution >= 4 is 0 Å². The van der Waals surface area contributed by atoms with Crippen LogP contribution in [0.4, 0.5) is 0 Å². The minimum atomic E-state index is -0.201. The lowest BCUT2D eigenvalue weighted by Crippen LogP contribution is -2.11. The minimum Gasteiger partial charge on any atom is -0.393 e. The van der Waals surface area contributed by atoms with E-state index in [2.05, 4.69) is 6.58 Å². The third kappa shape index (κ3) is 2.80. The van der Waals surface area contributed by atoms with E-state index in [0.29, 0.717) is 5.92 Å². The van der Waals surface area contributed by atoms with Crippen molar-refractivity contribution in [1.82, 2.24) is 0 Å². The third-order valence-electron chi connectivity index (χ3n) is 1.36. The molecule has 8 heavy (non-hydrogen) atoms. The molecule has 0 aliphatic rings. The molecule has 0 aromatic rings. The fraction of sp³-hybridized carbons (Fsp3) is 0.714. The normalized spacial score (nSPS) is 17.4. The van der Waals surface area contributed by atoms with Gasteiger partial charge in [-0.3, -0.25) is 0 Å². The molecule has 0 aromatic heterocycles. The number of rotatable bonds is 3. The Labute approximate surface area is 51.0 Å². The van der Waals surface area contributed by atoms with Crippen molar-refractivity contribution in [3.05, 3.63) is 12.7 Å². The van der Waals surface area contributed by atoms with Crippen LogP contribution in [0.2, 0.25) is 0 Å². The van der Waals surface area contributed by atoms with Gasteiger partial charge in [-0.05, 0) is 19.3 Å². The first-order chi connectivity index (χ1) is 3.68. The van der Waals surface area contributed by atoms with Crippen LogP contribution in [-0.4, -0.2) is 11.2 Å². The predicted octanol–water partition coefficient (Wildman–Crippen LogP) is 1.58. The smallest absolute Gasteiger partial charge is 0.0540 e. The highest BCUT2D eigenvalue weighted by molar-refractivity contribution is 4.72. The van der Waals surface area contributed by atoms with E-state index in [-0.39, 0.29) is 6.10 Å². The molecule has 2 atom stereocenters. The van der Waals surface area contributed by atoms with Crippen LogP contribution in [-0.2, 0) is 0 Å². The molecule has 0 bridgehead atoms. The Balaban J connectivity index is 3.30. The molecule has 1 N–H and O–H groups in total. The van der Waals surface area contributed by atoms with Crippen molar-refractivity contribution in [1.29, 1.82) is 0 Å². The van der Waals surface area contributed by atoms with Gasteiger partial charge in [0, 0.05) is 0 Å². The molecular weight excluding hydrogens is 100 g/mol. The van der Waals surface area contributed by atoms with Gasteiger partial charge in [-0.1, -0.05) is 13.0 Å². The van der Waals surface area contributed by atoms with E-state index < -0.39 is 0 Å². The van der Waals surface area contributed by atoms with Crippen LogP contribution in [0.15, 0.2) is 12.7 Å². The number of hydrogen-bond acceptors (Lipinski definition) is 1. The molecule has 0 fully saturated rings. The molecule has 0 spiro atoms. The zero-order chi connectivity index (χ0) is 6.57. The average Bonchev–Trinajstić information content (AvgIpc) is 1.67. The molecule has 0 heterocycles. The average molecular weight is 114 g/mol. The molecule has 0 rings (SSSR count). The van der Waals surface area contributed by atoms with Gasteiger partial charge in [0.2, 0.25) is 0 Å². The molecule has 0 radical (unpaired) electrons. The maximum Gasteiger partial charge on any atom is 0.0540 e. The molecule has 0 aromatic carbocycles. The monoisotopic (exact) mass is 114 g/mol. The molecule has 0 aliphatic heterocycles. The third-order valence-corrected chi connectivity index (χ3v) is 1.36. The first-order valence-electron chi connectivity index (χ1n) is 2.97. The number of aliphatic hydroxyl groups excluding tert-OH is 1. The van der Waals surface area contributed by atoms with Crippen molar-refractivity contribution < 1.29 is 5.11 Å². The second-order valence-electron chi connectivity index (χ2n) is 2.24. The summed E-state index contributed by atoms with van der Waals surface area (Å²) < 4.78 is 0. The first-order valence-corrected chi connectivity index (χ1v) is 2.97. The largest absolute Gasteiger partial charge is 0.393 e. The summed E-state index contributed by atoms with van der Waals surface area (Å²) in [7, 11) is 0. The Morgan fingerprint density at radius 3 is 2.25 bits per heavy atom. The van der Waals surface area contributed by atoms with Crippen LogP contribution in [0.25, 0.3) is 0 Å². The molecule has 1 nitrogen and oxygen atoms in total. The van der Waals surface area contributed by atoms with Crippen LogP contribution in [0, 0.1) is 5.92 Å². The highest BCUT2D eigenvalue weighted by Crippen LogP contribution is 2.06. The van der Waals surface area contributed by atoms with E-state index >= 15 is 0 Å². The molecule has 1 heteroatoms. The van der Waals surface area contributed by atoms with Crippen molar-refractivity contribution in [2.24, 2.45) is 5.92 Å². The van der Waals surface area contributed by atoms with Gasteiger partial charge in [0.25, 0.3) is 0 Å². The highest BCUT2D eigenvalue weighted by Gasteiger charge is 2.04. The maximum atomic E-state index is 8.90. The fourth-order valence-corrected chi connectivity index (χ4v) is 0.460. The quantitative estimate of drug-likeness (QED) is 0.552. The lowest BCUT2D eigenvalue weighted by Gasteiger charge is -2.10. The number of aliphatic hydroxyl groups is 1. The summed E-state index contributed by atoms with van der Waals surface area (Å²) in [6.45, 7) is 7.38. The fourth-order valence-electron chi connectivity index (χ4n) is 0.460. The van der Waals surface area contributed by atoms with Gasteiger partial charge in [0.05, 0.1) is 6.10 Å². The molecule has 0 aliphatic carbocycles. The SMILES string of the molecule is C=CC[C@H](C)C(C)O. The zero-order valence-corrected chi connectivity index (χ0v) is 5.59. The lowest BCUT2D eigenvalue weighted by molar-refractivity contribution is 0.136. The summed E-state index contributed by atoms with van der Waals surface area (Å²) in [5.41, 5.74) is 0. The minimum absolute atomic E-state index is 0.201. The van der Waals surface area contributed by atoms with Gasteiger partial charge in [-0.15, -0.1) is 6.58 Å². The van der Waals surface area contributed by atoms with Gasteiger partial charge in [0.1, 0.15) is 0 Å². The lowest BCUT2D eigenvalue weighted by atomic mass is 10.0. The standard InChI is InChI=1S/C7H14O/c1-4-5-6(2)7(3)8/h4,6-8H,1,5H2,2-3H3/t6-,7?/m0/s1. The molecule has 0 saturated carbocycles. The van der Waals surface area contributed by atoms with Gasteiger partial charge >= 0.3 is 0 Å². The molecule has 0 amide bonds. The van der Waals surface area contributed by atoms with E-state index in [1.165, 1.54) is 0 Å². The summed E-state index contributed by atoms with van der Waals surface area (Å²) in [4.78, 5) is 0. The molecule has 48 valence electrons. The van der Waals surface area contributed by atoms with E-state index in [0.717, 1.165) is 6.42 Å². The summed E-state index contributed by atoms with van der Waals surface area (Å²) in [6.07, 6.45) is 2.53. The second-order valence-corrected chi connectivity index (χ2v) is 2.24. The summed E-state index contributed by atoms with van der Waals surface area (Å²) in [5.74, 6) is 0.354. The van der Waals surface area contributed by atoms with Gasteiger partial charge in [-0.25, -0.2) is 0 Å². The summed E-state index contributed by atoms with van der Waals surface area (Å²) in [5, 5.41) is 8.90. The van der Waals surface area contributed by atoms with Crippen LogP contribution in [0.1, 0.15) is 20.3 Å². The van der Waals surface area contributed by atoms with Gasteiger partial charge in [0.15, 0.2) is 0 Å². The Morgan fingerprint density at radius 1 is 1.62 bits per heavy atom. The molecule has 1 unspecified atom stereocenters.